The Labute approximate surface area is 124 Å². The van der Waals surface area contributed by atoms with E-state index in [0.29, 0.717) is 10.7 Å². The molecule has 4 rings (SSSR count). The van der Waals surface area contributed by atoms with E-state index in [1.807, 2.05) is 48.5 Å². The van der Waals surface area contributed by atoms with Crippen LogP contribution in [-0.2, 0) is 0 Å². The van der Waals surface area contributed by atoms with Crippen molar-refractivity contribution < 1.29 is 9.21 Å². The number of benzene rings is 2. The fourth-order valence-corrected chi connectivity index (χ4v) is 3.04. The highest BCUT2D eigenvalue weighted by atomic mass is 32.1. The predicted molar refractivity (Wildman–Crippen MR) is 83.8 cm³/mol. The summed E-state index contributed by atoms with van der Waals surface area (Å²) in [5.74, 6) is 0.000659. The molecular weight excluding hydrogens is 284 g/mol. The average molecular weight is 294 g/mol. The fraction of sp³-hybridized carbons (Fsp3) is 0. The third kappa shape index (κ3) is 2.17. The summed E-state index contributed by atoms with van der Waals surface area (Å²) < 4.78 is 6.58. The smallest absolute Gasteiger partial charge is 0.293 e. The maximum absolute atomic E-state index is 12.2. The summed E-state index contributed by atoms with van der Waals surface area (Å²) in [4.78, 5) is 16.6. The number of carbonyl (C=O) groups is 1. The summed E-state index contributed by atoms with van der Waals surface area (Å²) in [5.41, 5.74) is 1.58. The van der Waals surface area contributed by atoms with E-state index in [9.17, 15) is 4.79 Å². The molecule has 0 saturated carbocycles. The molecule has 0 radical (unpaired) electrons. The average Bonchev–Trinajstić information content (AvgIpc) is 3.10. The summed E-state index contributed by atoms with van der Waals surface area (Å²) in [6.45, 7) is 0. The minimum Gasteiger partial charge on any atom is -0.451 e. The first kappa shape index (κ1) is 12.1. The van der Waals surface area contributed by atoms with Crippen molar-refractivity contribution in [2.75, 3.05) is 5.32 Å². The molecule has 1 amide bonds. The summed E-state index contributed by atoms with van der Waals surface area (Å²) in [5, 5.41) is 4.26. The molecule has 1 N–H and O–H groups in total. The molecule has 0 atom stereocenters. The van der Waals surface area contributed by atoms with Crippen LogP contribution in [0.15, 0.2) is 59.0 Å². The van der Waals surface area contributed by atoms with Crippen molar-refractivity contribution in [3.8, 4) is 0 Å². The van der Waals surface area contributed by atoms with Crippen molar-refractivity contribution in [1.82, 2.24) is 4.98 Å². The molecule has 0 aliphatic rings. The summed E-state index contributed by atoms with van der Waals surface area (Å²) in [6.07, 6.45) is 0. The van der Waals surface area contributed by atoms with Crippen LogP contribution in [0, 0.1) is 0 Å². The van der Waals surface area contributed by atoms with Gasteiger partial charge in [-0.15, -0.1) is 0 Å². The molecule has 5 heteroatoms. The zero-order chi connectivity index (χ0) is 14.2. The second kappa shape index (κ2) is 4.71. The Hall–Kier alpha value is -2.66. The van der Waals surface area contributed by atoms with Crippen LogP contribution in [0.1, 0.15) is 10.6 Å². The Kier molecular flexibility index (Phi) is 2.72. The monoisotopic (exact) mass is 294 g/mol. The SMILES string of the molecule is O=C(Nc1nc2ccccc2s1)c1cc2ccccc2o1. The highest BCUT2D eigenvalue weighted by molar-refractivity contribution is 7.22. The largest absolute Gasteiger partial charge is 0.451 e. The number of carbonyl (C=O) groups excluding carboxylic acids is 1. The molecule has 0 saturated heterocycles. The second-order valence-electron chi connectivity index (χ2n) is 4.59. The molecule has 0 aliphatic heterocycles. The van der Waals surface area contributed by atoms with Gasteiger partial charge in [0, 0.05) is 5.39 Å². The molecule has 4 nitrogen and oxygen atoms in total. The number of furan rings is 1. The lowest BCUT2D eigenvalue weighted by Gasteiger charge is -1.96. The van der Waals surface area contributed by atoms with Crippen molar-refractivity contribution in [1.29, 1.82) is 0 Å². The van der Waals surface area contributed by atoms with E-state index in [2.05, 4.69) is 10.3 Å². The van der Waals surface area contributed by atoms with Crippen LogP contribution in [-0.4, -0.2) is 10.9 Å². The van der Waals surface area contributed by atoms with Crippen LogP contribution in [0.3, 0.4) is 0 Å². The maximum atomic E-state index is 12.2. The molecule has 2 aromatic heterocycles. The Balaban J connectivity index is 1.65. The predicted octanol–water partition coefficient (Wildman–Crippen LogP) is 4.29. The highest BCUT2D eigenvalue weighted by Crippen LogP contribution is 2.26. The van der Waals surface area contributed by atoms with E-state index >= 15 is 0 Å². The Morgan fingerprint density at radius 2 is 1.90 bits per heavy atom. The number of nitrogens with one attached hydrogen (secondary N) is 1. The summed E-state index contributed by atoms with van der Waals surface area (Å²) in [6, 6.07) is 17.0. The van der Waals surface area contributed by atoms with Crippen molar-refractivity contribution in [3.05, 3.63) is 60.4 Å². The third-order valence-corrected chi connectivity index (χ3v) is 4.12. The molecule has 2 heterocycles. The second-order valence-corrected chi connectivity index (χ2v) is 5.62. The molecule has 0 fully saturated rings. The number of hydrogen-bond acceptors (Lipinski definition) is 4. The number of fused-ring (bicyclic) bond motifs is 2. The standard InChI is InChI=1S/C16H10N2O2S/c19-15(13-9-10-5-1-3-7-12(10)20-13)18-16-17-11-6-2-4-8-14(11)21-16/h1-9H,(H,17,18,19). The lowest BCUT2D eigenvalue weighted by Crippen LogP contribution is -2.10. The van der Waals surface area contributed by atoms with E-state index in [1.165, 1.54) is 11.3 Å². The highest BCUT2D eigenvalue weighted by Gasteiger charge is 2.14. The van der Waals surface area contributed by atoms with Crippen LogP contribution < -0.4 is 5.32 Å². The van der Waals surface area contributed by atoms with Gasteiger partial charge in [0.1, 0.15) is 5.58 Å². The molecule has 0 bridgehead atoms. The van der Waals surface area contributed by atoms with Crippen molar-refractivity contribution in [3.63, 3.8) is 0 Å². The van der Waals surface area contributed by atoms with Crippen LogP contribution in [0.5, 0.6) is 0 Å². The number of rotatable bonds is 2. The molecular formula is C16H10N2O2S. The van der Waals surface area contributed by atoms with Gasteiger partial charge in [0.25, 0.3) is 5.91 Å². The normalized spacial score (nSPS) is 11.0. The van der Waals surface area contributed by atoms with Gasteiger partial charge in [0.2, 0.25) is 0 Å². The van der Waals surface area contributed by atoms with Gasteiger partial charge in [-0.05, 0) is 24.3 Å². The molecule has 102 valence electrons. The van der Waals surface area contributed by atoms with E-state index < -0.39 is 0 Å². The fourth-order valence-electron chi connectivity index (χ4n) is 2.18. The van der Waals surface area contributed by atoms with Crippen LogP contribution in [0.4, 0.5) is 5.13 Å². The lowest BCUT2D eigenvalue weighted by molar-refractivity contribution is 0.0998. The van der Waals surface area contributed by atoms with Gasteiger partial charge in [-0.25, -0.2) is 4.98 Å². The third-order valence-electron chi connectivity index (χ3n) is 3.16. The molecule has 0 aliphatic carbocycles. The van der Waals surface area contributed by atoms with Crippen LogP contribution in [0.25, 0.3) is 21.2 Å². The van der Waals surface area contributed by atoms with Gasteiger partial charge in [0.15, 0.2) is 10.9 Å². The first-order chi connectivity index (χ1) is 10.3. The van der Waals surface area contributed by atoms with Gasteiger partial charge >= 0.3 is 0 Å². The molecule has 2 aromatic carbocycles. The van der Waals surface area contributed by atoms with E-state index in [-0.39, 0.29) is 11.7 Å². The molecule has 0 spiro atoms. The number of anilines is 1. The van der Waals surface area contributed by atoms with Crippen LogP contribution >= 0.6 is 11.3 Å². The summed E-state index contributed by atoms with van der Waals surface area (Å²) in [7, 11) is 0. The first-order valence-corrected chi connectivity index (χ1v) is 7.27. The van der Waals surface area contributed by atoms with E-state index in [4.69, 9.17) is 4.42 Å². The molecule has 4 aromatic rings. The number of amides is 1. The van der Waals surface area contributed by atoms with Gasteiger partial charge in [-0.2, -0.15) is 0 Å². The van der Waals surface area contributed by atoms with Gasteiger partial charge < -0.3 is 4.42 Å². The van der Waals surface area contributed by atoms with Gasteiger partial charge in [0.05, 0.1) is 10.2 Å². The Morgan fingerprint density at radius 1 is 1.10 bits per heavy atom. The minimum atomic E-state index is -0.287. The summed E-state index contributed by atoms with van der Waals surface area (Å²) >= 11 is 1.44. The topological polar surface area (TPSA) is 55.1 Å². The van der Waals surface area contributed by atoms with Crippen LogP contribution in [0.2, 0.25) is 0 Å². The Morgan fingerprint density at radius 3 is 2.76 bits per heavy atom. The molecule has 21 heavy (non-hydrogen) atoms. The van der Waals surface area contributed by atoms with Crippen molar-refractivity contribution in [2.24, 2.45) is 0 Å². The maximum Gasteiger partial charge on any atom is 0.293 e. The zero-order valence-electron chi connectivity index (χ0n) is 10.9. The quantitative estimate of drug-likeness (QED) is 0.600. The first-order valence-electron chi connectivity index (χ1n) is 6.45. The number of hydrogen-bond donors (Lipinski definition) is 1. The number of aromatic nitrogens is 1. The lowest BCUT2D eigenvalue weighted by atomic mass is 10.2. The van der Waals surface area contributed by atoms with Gasteiger partial charge in [-0.1, -0.05) is 41.7 Å². The number of para-hydroxylation sites is 2. The minimum absolute atomic E-state index is 0.287. The van der Waals surface area contributed by atoms with Gasteiger partial charge in [-0.3, -0.25) is 10.1 Å². The zero-order valence-corrected chi connectivity index (χ0v) is 11.7. The molecule has 0 unspecified atom stereocenters. The van der Waals surface area contributed by atoms with E-state index in [0.717, 1.165) is 15.6 Å². The number of nitrogens with zero attached hydrogens (tertiary/aromatic N) is 1. The Bertz CT molecular complexity index is 889. The van der Waals surface area contributed by atoms with Crippen molar-refractivity contribution in [2.45, 2.75) is 0 Å². The van der Waals surface area contributed by atoms with Crippen molar-refractivity contribution >= 4 is 43.6 Å². The van der Waals surface area contributed by atoms with E-state index in [1.54, 1.807) is 6.07 Å². The number of thiazole rings is 1.